The van der Waals surface area contributed by atoms with E-state index in [4.69, 9.17) is 14.9 Å². The van der Waals surface area contributed by atoms with Gasteiger partial charge in [-0.1, -0.05) is 30.3 Å². The summed E-state index contributed by atoms with van der Waals surface area (Å²) in [5.74, 6) is 0.877. The molecule has 0 saturated heterocycles. The van der Waals surface area contributed by atoms with Gasteiger partial charge in [-0.25, -0.2) is 0 Å². The molecule has 0 fully saturated rings. The predicted molar refractivity (Wildman–Crippen MR) is 156 cm³/mol. The van der Waals surface area contributed by atoms with Crippen LogP contribution in [0.2, 0.25) is 0 Å². The van der Waals surface area contributed by atoms with E-state index >= 15 is 0 Å². The van der Waals surface area contributed by atoms with Crippen molar-refractivity contribution >= 4 is 67.8 Å². The summed E-state index contributed by atoms with van der Waals surface area (Å²) in [4.78, 5) is 24.8. The number of hydrogen-bond acceptors (Lipinski definition) is 5. The van der Waals surface area contributed by atoms with Crippen molar-refractivity contribution in [3.63, 3.8) is 0 Å². The molecule has 3 aromatic carbocycles. The monoisotopic (exact) mass is 709 g/mol. The Balaban J connectivity index is 1.62. The zero-order valence-electron chi connectivity index (χ0n) is 19.4. The van der Waals surface area contributed by atoms with Crippen molar-refractivity contribution in [3.05, 3.63) is 90.3 Å². The molecule has 0 unspecified atom stereocenters. The molecule has 4 aromatic rings. The first kappa shape index (κ1) is 26.5. The average Bonchev–Trinajstić information content (AvgIpc) is 3.22. The van der Waals surface area contributed by atoms with Crippen molar-refractivity contribution in [2.75, 3.05) is 6.61 Å². The first-order valence-corrected chi connectivity index (χ1v) is 13.7. The van der Waals surface area contributed by atoms with Crippen LogP contribution in [0.5, 0.6) is 11.5 Å². The molecular weight excluding hydrogens is 684 g/mol. The summed E-state index contributed by atoms with van der Waals surface area (Å²) in [7, 11) is 0. The number of rotatable bonds is 11. The second-order valence-electron chi connectivity index (χ2n) is 8.43. The molecule has 8 heteroatoms. The van der Waals surface area contributed by atoms with E-state index in [9.17, 15) is 14.7 Å². The fourth-order valence-corrected chi connectivity index (χ4v) is 5.77. The molecule has 0 atom stereocenters. The fraction of sp³-hybridized carbons (Fsp3) is 0.214. The number of carbonyl (C=O) groups excluding carboxylic acids is 2. The number of furan rings is 1. The van der Waals surface area contributed by atoms with Crippen LogP contribution in [0, 0.1) is 7.14 Å². The second-order valence-corrected chi connectivity index (χ2v) is 10.8. The highest BCUT2D eigenvalue weighted by Gasteiger charge is 2.23. The van der Waals surface area contributed by atoms with Crippen LogP contribution >= 0.6 is 45.2 Å². The molecule has 0 spiro atoms. The number of nitrogens with two attached hydrogens (primary N) is 1. The Hall–Kier alpha value is -2.60. The second kappa shape index (κ2) is 12.1. The number of halogens is 2. The Labute approximate surface area is 236 Å². The van der Waals surface area contributed by atoms with Crippen molar-refractivity contribution < 1.29 is 23.8 Å². The minimum Gasteiger partial charge on any atom is -0.506 e. The molecule has 3 N–H and O–H groups in total. The van der Waals surface area contributed by atoms with Crippen LogP contribution in [0.4, 0.5) is 0 Å². The number of aromatic hydroxyl groups is 1. The van der Waals surface area contributed by atoms with E-state index < -0.39 is 0 Å². The van der Waals surface area contributed by atoms with E-state index in [0.29, 0.717) is 66.6 Å². The average molecular weight is 709 g/mol. The topological polar surface area (TPSA) is 103 Å². The van der Waals surface area contributed by atoms with Gasteiger partial charge in [0.2, 0.25) is 5.91 Å². The maximum absolute atomic E-state index is 13.7. The maximum Gasteiger partial charge on any atom is 0.217 e. The number of phenolic OH excluding ortho intramolecular Hbond substituents is 1. The summed E-state index contributed by atoms with van der Waals surface area (Å²) in [5, 5.41) is 10.8. The van der Waals surface area contributed by atoms with Gasteiger partial charge >= 0.3 is 0 Å². The number of unbranched alkanes of at least 4 members (excludes halogenated alkanes) is 1. The largest absolute Gasteiger partial charge is 0.506 e. The normalized spacial score (nSPS) is 11.1. The highest BCUT2D eigenvalue weighted by atomic mass is 127. The number of carbonyl (C=O) groups is 2. The van der Waals surface area contributed by atoms with Crippen LogP contribution in [0.1, 0.15) is 46.5 Å². The molecule has 36 heavy (non-hydrogen) atoms. The summed E-state index contributed by atoms with van der Waals surface area (Å²) in [6.07, 6.45) is 2.84. The number of fused-ring (bicyclic) bond motifs is 1. The van der Waals surface area contributed by atoms with Gasteiger partial charge in [0.25, 0.3) is 0 Å². The van der Waals surface area contributed by atoms with Gasteiger partial charge in [-0.15, -0.1) is 0 Å². The SMILES string of the molecule is NC(=O)CCCCc1oc2cc(OCCc3ccccc3)ccc2c1C(=O)c1cc(I)c(O)c(I)c1. The summed E-state index contributed by atoms with van der Waals surface area (Å²) in [6.45, 7) is 0.520. The van der Waals surface area contributed by atoms with Crippen molar-refractivity contribution in [2.45, 2.75) is 32.1 Å². The summed E-state index contributed by atoms with van der Waals surface area (Å²) < 4.78 is 13.3. The Bertz CT molecular complexity index is 1380. The van der Waals surface area contributed by atoms with Gasteiger partial charge in [-0.05, 0) is 87.9 Å². The lowest BCUT2D eigenvalue weighted by atomic mass is 9.98. The molecule has 0 aliphatic heterocycles. The summed E-state index contributed by atoms with van der Waals surface area (Å²) in [6, 6.07) is 19.0. The molecule has 0 saturated carbocycles. The van der Waals surface area contributed by atoms with Crippen LogP contribution in [-0.2, 0) is 17.6 Å². The predicted octanol–water partition coefficient (Wildman–Crippen LogP) is 6.40. The Morgan fingerprint density at radius 3 is 2.36 bits per heavy atom. The lowest BCUT2D eigenvalue weighted by molar-refractivity contribution is -0.118. The number of amides is 1. The summed E-state index contributed by atoms with van der Waals surface area (Å²) in [5.41, 5.74) is 8.01. The lowest BCUT2D eigenvalue weighted by Crippen LogP contribution is -2.10. The highest BCUT2D eigenvalue weighted by molar-refractivity contribution is 14.1. The smallest absolute Gasteiger partial charge is 0.217 e. The number of phenols is 1. The lowest BCUT2D eigenvalue weighted by Gasteiger charge is -2.07. The molecule has 0 radical (unpaired) electrons. The van der Waals surface area contributed by atoms with Gasteiger partial charge in [-0.3, -0.25) is 9.59 Å². The zero-order valence-corrected chi connectivity index (χ0v) is 23.7. The number of hydrogen-bond donors (Lipinski definition) is 2. The number of ether oxygens (including phenoxy) is 1. The third-order valence-corrected chi connectivity index (χ3v) is 7.46. The number of aryl methyl sites for hydroxylation is 1. The van der Waals surface area contributed by atoms with Crippen molar-refractivity contribution in [1.29, 1.82) is 0 Å². The molecule has 4 rings (SSSR count). The quantitative estimate of drug-likeness (QED) is 0.107. The molecule has 186 valence electrons. The molecule has 6 nitrogen and oxygen atoms in total. The van der Waals surface area contributed by atoms with Gasteiger partial charge in [-0.2, -0.15) is 0 Å². The highest BCUT2D eigenvalue weighted by Crippen LogP contribution is 2.34. The van der Waals surface area contributed by atoms with Crippen molar-refractivity contribution in [3.8, 4) is 11.5 Å². The van der Waals surface area contributed by atoms with Crippen LogP contribution in [0.25, 0.3) is 11.0 Å². The number of benzene rings is 3. The molecule has 0 aliphatic carbocycles. The molecule has 1 amide bonds. The minimum absolute atomic E-state index is 0.161. The van der Waals surface area contributed by atoms with Crippen LogP contribution < -0.4 is 10.5 Å². The van der Waals surface area contributed by atoms with Crippen LogP contribution in [-0.4, -0.2) is 23.4 Å². The molecule has 1 aromatic heterocycles. The fourth-order valence-electron chi connectivity index (χ4n) is 4.00. The first-order valence-electron chi connectivity index (χ1n) is 11.6. The van der Waals surface area contributed by atoms with Gasteiger partial charge in [0.15, 0.2) is 5.78 Å². The van der Waals surface area contributed by atoms with Crippen LogP contribution in [0.15, 0.2) is 65.1 Å². The third kappa shape index (κ3) is 6.39. The van der Waals surface area contributed by atoms with E-state index in [0.717, 1.165) is 6.42 Å². The van der Waals surface area contributed by atoms with E-state index in [2.05, 4.69) is 12.1 Å². The Morgan fingerprint density at radius 2 is 1.67 bits per heavy atom. The molecule has 0 aliphatic rings. The minimum atomic E-state index is -0.346. The number of ketones is 1. The molecule has 0 bridgehead atoms. The van der Waals surface area contributed by atoms with Gasteiger partial charge < -0.3 is 20.0 Å². The van der Waals surface area contributed by atoms with E-state index in [-0.39, 0.29) is 23.9 Å². The van der Waals surface area contributed by atoms with Gasteiger partial charge in [0.1, 0.15) is 22.8 Å². The standard InChI is InChI=1S/C28H25I2NO5/c29-21-14-18(15-22(30)28(21)34)27(33)26-20-11-10-19(35-13-12-17-6-2-1-3-7-17)16-24(20)36-23(26)8-4-5-9-25(31)32/h1-3,6-7,10-11,14-16,34H,4-5,8-9,12-13H2,(H2,31,32). The Kier molecular flexibility index (Phi) is 8.89. The maximum atomic E-state index is 13.7. The number of primary amides is 1. The van der Waals surface area contributed by atoms with E-state index in [1.165, 1.54) is 5.56 Å². The van der Waals surface area contributed by atoms with Crippen molar-refractivity contribution in [1.82, 2.24) is 0 Å². The van der Waals surface area contributed by atoms with E-state index in [1.54, 1.807) is 12.1 Å². The van der Waals surface area contributed by atoms with Gasteiger partial charge in [0.05, 0.1) is 19.3 Å². The third-order valence-electron chi connectivity index (χ3n) is 5.82. The Morgan fingerprint density at radius 1 is 0.944 bits per heavy atom. The van der Waals surface area contributed by atoms with E-state index in [1.807, 2.05) is 81.6 Å². The van der Waals surface area contributed by atoms with Crippen molar-refractivity contribution in [2.24, 2.45) is 5.73 Å². The van der Waals surface area contributed by atoms with Crippen LogP contribution in [0.3, 0.4) is 0 Å². The molecular formula is C28H25I2NO5. The van der Waals surface area contributed by atoms with Gasteiger partial charge in [0, 0.05) is 36.3 Å². The molecule has 1 heterocycles. The zero-order chi connectivity index (χ0) is 25.7. The summed E-state index contributed by atoms with van der Waals surface area (Å²) >= 11 is 4.04. The first-order chi connectivity index (χ1) is 17.3.